The Morgan fingerprint density at radius 3 is 2.55 bits per heavy atom. The highest BCUT2D eigenvalue weighted by Crippen LogP contribution is 2.22. The normalized spacial score (nSPS) is 29.2. The van der Waals surface area contributed by atoms with E-state index >= 15 is 0 Å². The van der Waals surface area contributed by atoms with Gasteiger partial charge in [-0.2, -0.15) is 0 Å². The van der Waals surface area contributed by atoms with Gasteiger partial charge < -0.3 is 10.4 Å². The number of nitrogens with one attached hydrogen (secondary N) is 1. The monoisotopic (exact) mass is 179 g/mol. The Morgan fingerprint density at radius 1 is 1.55 bits per heavy atom. The summed E-state index contributed by atoms with van der Waals surface area (Å²) in [5.41, 5.74) is 0.242. The summed E-state index contributed by atoms with van der Waals surface area (Å²) in [5.74, 6) is 0.524. The van der Waals surface area contributed by atoms with E-state index in [1.165, 1.54) is 0 Å². The summed E-state index contributed by atoms with van der Waals surface area (Å²) in [6.45, 7) is 5.78. The van der Waals surface area contributed by atoms with Gasteiger partial charge in [-0.05, 0) is 39.2 Å². The lowest BCUT2D eigenvalue weighted by Gasteiger charge is -2.35. The Hall–Kier alpha value is 0.210. The zero-order valence-corrected chi connectivity index (χ0v) is 8.08. The maximum atomic E-state index is 8.90. The molecule has 1 heterocycles. The summed E-state index contributed by atoms with van der Waals surface area (Å²) in [7, 11) is 0. The summed E-state index contributed by atoms with van der Waals surface area (Å²) in [4.78, 5) is 0. The average molecular weight is 180 g/mol. The van der Waals surface area contributed by atoms with Crippen LogP contribution in [0.1, 0.15) is 26.7 Å². The second kappa shape index (κ2) is 4.29. The van der Waals surface area contributed by atoms with Gasteiger partial charge in [-0.15, -0.1) is 12.4 Å². The summed E-state index contributed by atoms with van der Waals surface area (Å²) >= 11 is 0. The van der Waals surface area contributed by atoms with Crippen molar-refractivity contribution in [3.05, 3.63) is 0 Å². The first-order chi connectivity index (χ1) is 4.64. The van der Waals surface area contributed by atoms with Gasteiger partial charge in [0.25, 0.3) is 0 Å². The van der Waals surface area contributed by atoms with Crippen molar-refractivity contribution in [3.8, 4) is 0 Å². The third-order valence-electron chi connectivity index (χ3n) is 2.21. The number of halogens is 1. The lowest BCUT2D eigenvalue weighted by atomic mass is 9.85. The SMILES string of the molecule is CC1(C)C[C@H](CO)CCN1.Cl. The molecule has 2 N–H and O–H groups in total. The standard InChI is InChI=1S/C8H17NO.ClH/c1-8(2)5-7(6-10)3-4-9-8;/h7,9-10H,3-6H2,1-2H3;1H/t7-;/m1./s1. The molecule has 0 aromatic heterocycles. The Labute approximate surface area is 74.8 Å². The Kier molecular flexibility index (Phi) is 4.37. The molecule has 0 amide bonds. The molecule has 1 saturated heterocycles. The molecule has 1 atom stereocenters. The van der Waals surface area contributed by atoms with Crippen LogP contribution in [0.3, 0.4) is 0 Å². The summed E-state index contributed by atoms with van der Waals surface area (Å²) in [6, 6.07) is 0. The third-order valence-corrected chi connectivity index (χ3v) is 2.21. The van der Waals surface area contributed by atoms with E-state index in [0.29, 0.717) is 12.5 Å². The van der Waals surface area contributed by atoms with Gasteiger partial charge in [-0.25, -0.2) is 0 Å². The smallest absolute Gasteiger partial charge is 0.0460 e. The molecule has 0 unspecified atom stereocenters. The Balaban J connectivity index is 0.000001000. The fourth-order valence-electron chi connectivity index (χ4n) is 1.67. The van der Waals surface area contributed by atoms with Gasteiger partial charge in [0.15, 0.2) is 0 Å². The molecule has 0 saturated carbocycles. The first-order valence-corrected chi connectivity index (χ1v) is 4.00. The maximum Gasteiger partial charge on any atom is 0.0460 e. The van der Waals surface area contributed by atoms with Crippen LogP contribution in [0.5, 0.6) is 0 Å². The van der Waals surface area contributed by atoms with Crippen molar-refractivity contribution in [2.24, 2.45) is 5.92 Å². The molecule has 2 nitrogen and oxygen atoms in total. The van der Waals surface area contributed by atoms with Crippen molar-refractivity contribution in [1.82, 2.24) is 5.32 Å². The molecule has 0 aromatic rings. The van der Waals surface area contributed by atoms with E-state index in [0.717, 1.165) is 19.4 Å². The summed E-state index contributed by atoms with van der Waals surface area (Å²) < 4.78 is 0. The number of piperidine rings is 1. The molecule has 0 aliphatic carbocycles. The average Bonchev–Trinajstić information content (AvgIpc) is 1.86. The lowest BCUT2D eigenvalue weighted by Crippen LogP contribution is -2.46. The predicted molar refractivity (Wildman–Crippen MR) is 49.1 cm³/mol. The molecule has 0 spiro atoms. The summed E-state index contributed by atoms with van der Waals surface area (Å²) in [5, 5.41) is 12.3. The van der Waals surface area contributed by atoms with E-state index in [1.807, 2.05) is 0 Å². The molecule has 1 fully saturated rings. The number of aliphatic hydroxyl groups is 1. The van der Waals surface area contributed by atoms with Crippen LogP contribution in [-0.4, -0.2) is 23.8 Å². The fraction of sp³-hybridized carbons (Fsp3) is 1.00. The highest BCUT2D eigenvalue weighted by molar-refractivity contribution is 5.85. The molecule has 11 heavy (non-hydrogen) atoms. The molecular weight excluding hydrogens is 162 g/mol. The second-order valence-corrected chi connectivity index (χ2v) is 3.85. The van der Waals surface area contributed by atoms with Crippen molar-refractivity contribution >= 4 is 12.4 Å². The molecule has 68 valence electrons. The highest BCUT2D eigenvalue weighted by Gasteiger charge is 2.26. The van der Waals surface area contributed by atoms with Crippen molar-refractivity contribution in [2.75, 3.05) is 13.2 Å². The van der Waals surface area contributed by atoms with Gasteiger partial charge in [-0.1, -0.05) is 0 Å². The molecule has 3 heteroatoms. The van der Waals surface area contributed by atoms with Gasteiger partial charge in [0.1, 0.15) is 0 Å². The van der Waals surface area contributed by atoms with Crippen LogP contribution in [-0.2, 0) is 0 Å². The predicted octanol–water partition coefficient (Wildman–Crippen LogP) is 1.18. The van der Waals surface area contributed by atoms with Crippen LogP contribution in [0.2, 0.25) is 0 Å². The van der Waals surface area contributed by atoms with Crippen LogP contribution >= 0.6 is 12.4 Å². The molecule has 0 aromatic carbocycles. The maximum absolute atomic E-state index is 8.90. The minimum absolute atomic E-state index is 0. The zero-order valence-electron chi connectivity index (χ0n) is 7.26. The van der Waals surface area contributed by atoms with Crippen LogP contribution in [0.15, 0.2) is 0 Å². The quantitative estimate of drug-likeness (QED) is 0.634. The number of hydrogen-bond acceptors (Lipinski definition) is 2. The Bertz CT molecular complexity index is 117. The first-order valence-electron chi connectivity index (χ1n) is 4.00. The largest absolute Gasteiger partial charge is 0.396 e. The minimum Gasteiger partial charge on any atom is -0.396 e. The number of aliphatic hydroxyl groups excluding tert-OH is 1. The van der Waals surface area contributed by atoms with E-state index in [-0.39, 0.29) is 17.9 Å². The van der Waals surface area contributed by atoms with Crippen molar-refractivity contribution in [3.63, 3.8) is 0 Å². The lowest BCUT2D eigenvalue weighted by molar-refractivity contribution is 0.147. The first kappa shape index (κ1) is 11.2. The van der Waals surface area contributed by atoms with Crippen LogP contribution in [0.25, 0.3) is 0 Å². The molecule has 1 rings (SSSR count). The van der Waals surface area contributed by atoms with E-state index in [4.69, 9.17) is 5.11 Å². The van der Waals surface area contributed by atoms with Crippen LogP contribution in [0, 0.1) is 5.92 Å². The molecule has 0 bridgehead atoms. The van der Waals surface area contributed by atoms with E-state index in [1.54, 1.807) is 0 Å². The van der Waals surface area contributed by atoms with Gasteiger partial charge >= 0.3 is 0 Å². The van der Waals surface area contributed by atoms with Gasteiger partial charge in [0, 0.05) is 12.1 Å². The Morgan fingerprint density at radius 2 is 2.18 bits per heavy atom. The van der Waals surface area contributed by atoms with Gasteiger partial charge in [-0.3, -0.25) is 0 Å². The minimum atomic E-state index is 0. The van der Waals surface area contributed by atoms with Crippen LogP contribution in [0.4, 0.5) is 0 Å². The molecule has 1 aliphatic rings. The van der Waals surface area contributed by atoms with Gasteiger partial charge in [0.05, 0.1) is 0 Å². The van der Waals surface area contributed by atoms with Gasteiger partial charge in [0.2, 0.25) is 0 Å². The second-order valence-electron chi connectivity index (χ2n) is 3.85. The van der Waals surface area contributed by atoms with E-state index in [9.17, 15) is 0 Å². The van der Waals surface area contributed by atoms with E-state index < -0.39 is 0 Å². The topological polar surface area (TPSA) is 32.3 Å². The fourth-order valence-corrected chi connectivity index (χ4v) is 1.67. The van der Waals surface area contributed by atoms with Crippen molar-refractivity contribution in [1.29, 1.82) is 0 Å². The van der Waals surface area contributed by atoms with Crippen molar-refractivity contribution in [2.45, 2.75) is 32.2 Å². The molecule has 0 radical (unpaired) electrons. The molecular formula is C8H18ClNO. The highest BCUT2D eigenvalue weighted by atomic mass is 35.5. The van der Waals surface area contributed by atoms with E-state index in [2.05, 4.69) is 19.2 Å². The zero-order chi connectivity index (χ0) is 7.61. The van der Waals surface area contributed by atoms with Crippen molar-refractivity contribution < 1.29 is 5.11 Å². The number of rotatable bonds is 1. The molecule has 1 aliphatic heterocycles. The number of hydrogen-bond donors (Lipinski definition) is 2. The van der Waals surface area contributed by atoms with Crippen LogP contribution < -0.4 is 5.32 Å². The third kappa shape index (κ3) is 3.41. The summed E-state index contributed by atoms with van der Waals surface area (Å²) in [6.07, 6.45) is 2.23.